The number of thiophene rings is 1. The number of nitrogens with zero attached hydrogens (tertiary/aromatic N) is 3. The van der Waals surface area contributed by atoms with Gasteiger partial charge in [0.05, 0.1) is 16.0 Å². The number of amides is 1. The van der Waals surface area contributed by atoms with Crippen molar-refractivity contribution in [3.63, 3.8) is 0 Å². The molecule has 0 aliphatic carbocycles. The van der Waals surface area contributed by atoms with Gasteiger partial charge in [0.2, 0.25) is 5.91 Å². The van der Waals surface area contributed by atoms with Crippen LogP contribution in [0.3, 0.4) is 0 Å². The van der Waals surface area contributed by atoms with Gasteiger partial charge in [-0.25, -0.2) is 9.97 Å². The lowest BCUT2D eigenvalue weighted by Crippen LogP contribution is -2.23. The number of carbonyl (C=O) groups is 1. The molecule has 0 saturated carbocycles. The number of hydrogen-bond donors (Lipinski definition) is 0. The number of hydrogen-bond acceptors (Lipinski definition) is 5. The highest BCUT2D eigenvalue weighted by Crippen LogP contribution is 2.28. The summed E-state index contributed by atoms with van der Waals surface area (Å²) in [4.78, 5) is 21.4. The van der Waals surface area contributed by atoms with E-state index in [-0.39, 0.29) is 5.91 Å². The molecule has 6 heteroatoms. The Morgan fingerprint density at radius 3 is 3.06 bits per heavy atom. The lowest BCUT2D eigenvalue weighted by Gasteiger charge is -2.09. The Morgan fingerprint density at radius 2 is 2.31 bits per heavy atom. The Bertz CT molecular complexity index is 509. The van der Waals surface area contributed by atoms with Gasteiger partial charge in [-0.2, -0.15) is 0 Å². The predicted molar refractivity (Wildman–Crippen MR) is 66.8 cm³/mol. The number of carbonyl (C=O) groups excluding carboxylic acids is 1. The van der Waals surface area contributed by atoms with Crippen molar-refractivity contribution < 1.29 is 4.79 Å². The van der Waals surface area contributed by atoms with E-state index in [1.54, 1.807) is 30.3 Å². The van der Waals surface area contributed by atoms with E-state index in [1.807, 2.05) is 11.4 Å². The molecule has 0 aliphatic heterocycles. The monoisotopic (exact) mass is 253 g/mol. The number of aromatic nitrogens is 2. The summed E-state index contributed by atoms with van der Waals surface area (Å²) in [6.45, 7) is 0. The zero-order valence-electron chi connectivity index (χ0n) is 9.01. The molecule has 0 fully saturated rings. The van der Waals surface area contributed by atoms with Crippen LogP contribution in [0.2, 0.25) is 0 Å². The Morgan fingerprint density at radius 1 is 1.50 bits per heavy atom. The van der Waals surface area contributed by atoms with Crippen LogP contribution in [0.5, 0.6) is 0 Å². The summed E-state index contributed by atoms with van der Waals surface area (Å²) in [6, 6.07) is 1.96. The molecule has 2 aromatic heterocycles. The minimum absolute atomic E-state index is 0.0910. The Balaban J connectivity index is 2.15. The predicted octanol–water partition coefficient (Wildman–Crippen LogP) is 1.87. The van der Waals surface area contributed by atoms with Gasteiger partial charge in [0.1, 0.15) is 11.4 Å². The first-order valence-corrected chi connectivity index (χ1v) is 6.56. The summed E-state index contributed by atoms with van der Waals surface area (Å²) >= 11 is 3.06. The van der Waals surface area contributed by atoms with Gasteiger partial charge in [0, 0.05) is 14.1 Å². The average Bonchev–Trinajstić information content (AvgIpc) is 2.73. The third kappa shape index (κ3) is 2.33. The van der Waals surface area contributed by atoms with Crippen LogP contribution < -0.4 is 0 Å². The smallest absolute Gasteiger partial charge is 0.232 e. The molecule has 0 unspecified atom stereocenters. The second-order valence-corrected chi connectivity index (χ2v) is 5.27. The first kappa shape index (κ1) is 11.3. The molecule has 4 nitrogen and oxygen atoms in total. The maximum absolute atomic E-state index is 11.5. The molecule has 0 aromatic carbocycles. The minimum Gasteiger partial charge on any atom is -0.348 e. The van der Waals surface area contributed by atoms with E-state index in [4.69, 9.17) is 0 Å². The Hall–Kier alpha value is -1.14. The SMILES string of the molecule is CN(C)C(=O)CSc1ncnc2ccsc12. The Kier molecular flexibility index (Phi) is 3.40. The van der Waals surface area contributed by atoms with Crippen molar-refractivity contribution >= 4 is 39.2 Å². The molecule has 84 valence electrons. The van der Waals surface area contributed by atoms with E-state index in [2.05, 4.69) is 9.97 Å². The van der Waals surface area contributed by atoms with Crippen molar-refractivity contribution in [3.8, 4) is 0 Å². The summed E-state index contributed by atoms with van der Waals surface area (Å²) in [5, 5.41) is 2.87. The topological polar surface area (TPSA) is 46.1 Å². The molecule has 2 rings (SSSR count). The van der Waals surface area contributed by atoms with Crippen molar-refractivity contribution in [2.75, 3.05) is 19.8 Å². The summed E-state index contributed by atoms with van der Waals surface area (Å²) in [6.07, 6.45) is 1.54. The molecule has 2 heterocycles. The second-order valence-electron chi connectivity index (χ2n) is 3.39. The lowest BCUT2D eigenvalue weighted by molar-refractivity contribution is -0.125. The fourth-order valence-corrected chi connectivity index (χ4v) is 3.05. The van der Waals surface area contributed by atoms with Gasteiger partial charge in [0.25, 0.3) is 0 Å². The highest BCUT2D eigenvalue weighted by Gasteiger charge is 2.09. The third-order valence-electron chi connectivity index (χ3n) is 2.04. The zero-order valence-corrected chi connectivity index (χ0v) is 10.6. The summed E-state index contributed by atoms with van der Waals surface area (Å²) < 4.78 is 1.05. The third-order valence-corrected chi connectivity index (χ3v) is 4.06. The quantitative estimate of drug-likeness (QED) is 0.619. The number of rotatable bonds is 3. The molecular weight excluding hydrogens is 242 g/mol. The Labute approximate surface area is 102 Å². The van der Waals surface area contributed by atoms with Gasteiger partial charge < -0.3 is 4.90 Å². The lowest BCUT2D eigenvalue weighted by atomic mass is 10.5. The standard InChI is InChI=1S/C10H11N3OS2/c1-13(2)8(14)5-16-10-9-7(3-4-15-9)11-6-12-10/h3-4,6H,5H2,1-2H3. The van der Waals surface area contributed by atoms with Gasteiger partial charge in [0.15, 0.2) is 0 Å². The largest absolute Gasteiger partial charge is 0.348 e. The van der Waals surface area contributed by atoms with Crippen LogP contribution in [-0.4, -0.2) is 40.6 Å². The molecule has 0 atom stereocenters. The zero-order chi connectivity index (χ0) is 11.5. The van der Waals surface area contributed by atoms with Gasteiger partial charge in [-0.15, -0.1) is 11.3 Å². The summed E-state index contributed by atoms with van der Waals surface area (Å²) in [5.74, 6) is 0.505. The van der Waals surface area contributed by atoms with Crippen molar-refractivity contribution in [3.05, 3.63) is 17.8 Å². The van der Waals surface area contributed by atoms with Crippen LogP contribution in [0.15, 0.2) is 22.8 Å². The van der Waals surface area contributed by atoms with Gasteiger partial charge in [-0.05, 0) is 11.4 Å². The first-order chi connectivity index (χ1) is 7.68. The van der Waals surface area contributed by atoms with Crippen LogP contribution >= 0.6 is 23.1 Å². The van der Waals surface area contributed by atoms with Crippen LogP contribution in [0.1, 0.15) is 0 Å². The van der Waals surface area contributed by atoms with Gasteiger partial charge in [-0.3, -0.25) is 4.79 Å². The molecule has 0 spiro atoms. The second kappa shape index (κ2) is 4.80. The fraction of sp³-hybridized carbons (Fsp3) is 0.300. The van der Waals surface area contributed by atoms with E-state index < -0.39 is 0 Å². The van der Waals surface area contributed by atoms with Crippen molar-refractivity contribution in [1.82, 2.24) is 14.9 Å². The molecule has 0 bridgehead atoms. The highest BCUT2D eigenvalue weighted by atomic mass is 32.2. The molecule has 0 aliphatic rings. The van der Waals surface area contributed by atoms with Gasteiger partial charge >= 0.3 is 0 Å². The molecule has 0 saturated heterocycles. The summed E-state index contributed by atoms with van der Waals surface area (Å²) in [7, 11) is 3.51. The van der Waals surface area contributed by atoms with E-state index in [0.717, 1.165) is 15.2 Å². The van der Waals surface area contributed by atoms with Crippen LogP contribution in [-0.2, 0) is 4.79 Å². The molecule has 2 aromatic rings. The van der Waals surface area contributed by atoms with E-state index in [1.165, 1.54) is 18.1 Å². The van der Waals surface area contributed by atoms with Crippen molar-refractivity contribution in [2.45, 2.75) is 5.03 Å². The molecule has 1 amide bonds. The van der Waals surface area contributed by atoms with Crippen LogP contribution in [0, 0.1) is 0 Å². The van der Waals surface area contributed by atoms with Crippen molar-refractivity contribution in [1.29, 1.82) is 0 Å². The van der Waals surface area contributed by atoms with Crippen LogP contribution in [0.25, 0.3) is 10.2 Å². The minimum atomic E-state index is 0.0910. The van der Waals surface area contributed by atoms with E-state index in [0.29, 0.717) is 5.75 Å². The van der Waals surface area contributed by atoms with E-state index in [9.17, 15) is 4.79 Å². The van der Waals surface area contributed by atoms with Gasteiger partial charge in [-0.1, -0.05) is 11.8 Å². The van der Waals surface area contributed by atoms with Crippen molar-refractivity contribution in [2.24, 2.45) is 0 Å². The maximum Gasteiger partial charge on any atom is 0.232 e. The molecule has 0 N–H and O–H groups in total. The molecule has 0 radical (unpaired) electrons. The first-order valence-electron chi connectivity index (χ1n) is 4.69. The highest BCUT2D eigenvalue weighted by molar-refractivity contribution is 8.00. The van der Waals surface area contributed by atoms with Crippen LogP contribution in [0.4, 0.5) is 0 Å². The fourth-order valence-electron chi connectivity index (χ4n) is 1.13. The normalized spacial score (nSPS) is 10.6. The average molecular weight is 253 g/mol. The number of fused-ring (bicyclic) bond motifs is 1. The summed E-state index contributed by atoms with van der Waals surface area (Å²) in [5.41, 5.74) is 0.944. The number of thioether (sulfide) groups is 1. The van der Waals surface area contributed by atoms with E-state index >= 15 is 0 Å². The maximum atomic E-state index is 11.5. The molecule has 16 heavy (non-hydrogen) atoms. The molecular formula is C10H11N3OS2.